The van der Waals surface area contributed by atoms with E-state index in [0.717, 1.165) is 39.4 Å². The van der Waals surface area contributed by atoms with Crippen LogP contribution in [-0.4, -0.2) is 20.9 Å². The standard InChI is InChI=1S/C26H29FN2O3S/c1-4-20-12-13-21(5-2)22(16-20)17-28-26(30)18-29(25-9-7-6-8-24(25)27)33(31,32)23-14-10-19(3)11-15-23/h6-16H,4-5,17-18H2,1-3H3,(H,28,30). The highest BCUT2D eigenvalue weighted by Gasteiger charge is 2.29. The SMILES string of the molecule is CCc1ccc(CC)c(CNC(=O)CN(c2ccccc2F)S(=O)(=O)c2ccc(C)cc2)c1. The van der Waals surface area contributed by atoms with Gasteiger partial charge in [0.05, 0.1) is 10.6 Å². The van der Waals surface area contributed by atoms with Crippen molar-refractivity contribution in [2.75, 3.05) is 10.8 Å². The van der Waals surface area contributed by atoms with Crippen molar-refractivity contribution in [2.45, 2.75) is 45.1 Å². The van der Waals surface area contributed by atoms with Gasteiger partial charge in [-0.25, -0.2) is 12.8 Å². The van der Waals surface area contributed by atoms with E-state index in [-0.39, 0.29) is 17.1 Å². The maximum absolute atomic E-state index is 14.6. The number of para-hydroxylation sites is 1. The number of anilines is 1. The monoisotopic (exact) mass is 468 g/mol. The van der Waals surface area contributed by atoms with Crippen molar-refractivity contribution in [1.82, 2.24) is 5.32 Å². The fourth-order valence-corrected chi connectivity index (χ4v) is 5.01. The number of hydrogen-bond acceptors (Lipinski definition) is 3. The van der Waals surface area contributed by atoms with Gasteiger partial charge in [-0.1, -0.05) is 61.9 Å². The molecule has 0 aliphatic heterocycles. The first-order chi connectivity index (χ1) is 15.8. The molecule has 33 heavy (non-hydrogen) atoms. The predicted octanol–water partition coefficient (Wildman–Crippen LogP) is 4.77. The number of benzene rings is 3. The second kappa shape index (κ2) is 10.6. The Hall–Kier alpha value is -3.19. The molecule has 5 nitrogen and oxygen atoms in total. The normalized spacial score (nSPS) is 11.3. The smallest absolute Gasteiger partial charge is 0.264 e. The minimum Gasteiger partial charge on any atom is -0.350 e. The molecular weight excluding hydrogens is 439 g/mol. The lowest BCUT2D eigenvalue weighted by Gasteiger charge is -2.24. The molecule has 0 saturated heterocycles. The van der Waals surface area contributed by atoms with Gasteiger partial charge in [-0.2, -0.15) is 0 Å². The van der Waals surface area contributed by atoms with Gasteiger partial charge in [0.2, 0.25) is 5.91 Å². The van der Waals surface area contributed by atoms with Crippen LogP contribution in [0.3, 0.4) is 0 Å². The molecular formula is C26H29FN2O3S. The van der Waals surface area contributed by atoms with Gasteiger partial charge in [0.15, 0.2) is 0 Å². The summed E-state index contributed by atoms with van der Waals surface area (Å²) in [6, 6.07) is 18.0. The average Bonchev–Trinajstić information content (AvgIpc) is 2.81. The minimum absolute atomic E-state index is 0.00642. The van der Waals surface area contributed by atoms with Crippen molar-refractivity contribution in [1.29, 1.82) is 0 Å². The first-order valence-corrected chi connectivity index (χ1v) is 12.4. The van der Waals surface area contributed by atoms with Gasteiger partial charge in [-0.3, -0.25) is 9.10 Å². The molecule has 0 heterocycles. The number of carbonyl (C=O) groups excluding carboxylic acids is 1. The van der Waals surface area contributed by atoms with E-state index in [9.17, 15) is 17.6 Å². The third-order valence-electron chi connectivity index (χ3n) is 5.55. The lowest BCUT2D eigenvalue weighted by atomic mass is 10.0. The largest absolute Gasteiger partial charge is 0.350 e. The van der Waals surface area contributed by atoms with Crippen LogP contribution in [0.1, 0.15) is 36.1 Å². The lowest BCUT2D eigenvalue weighted by Crippen LogP contribution is -2.41. The number of hydrogen-bond donors (Lipinski definition) is 1. The predicted molar refractivity (Wildman–Crippen MR) is 129 cm³/mol. The summed E-state index contributed by atoms with van der Waals surface area (Å²) < 4.78 is 42.2. The summed E-state index contributed by atoms with van der Waals surface area (Å²) in [5, 5.41) is 2.81. The number of carbonyl (C=O) groups is 1. The number of amides is 1. The first kappa shape index (κ1) is 24.5. The van der Waals surface area contributed by atoms with Gasteiger partial charge < -0.3 is 5.32 Å². The van der Waals surface area contributed by atoms with Crippen molar-refractivity contribution in [2.24, 2.45) is 0 Å². The topological polar surface area (TPSA) is 66.5 Å². The summed E-state index contributed by atoms with van der Waals surface area (Å²) in [6.45, 7) is 5.68. The molecule has 1 N–H and O–H groups in total. The molecule has 1 amide bonds. The van der Waals surface area contributed by atoms with Crippen molar-refractivity contribution in [3.8, 4) is 0 Å². The van der Waals surface area contributed by atoms with E-state index in [0.29, 0.717) is 0 Å². The maximum atomic E-state index is 14.6. The highest BCUT2D eigenvalue weighted by Crippen LogP contribution is 2.26. The Balaban J connectivity index is 1.87. The number of aryl methyl sites for hydroxylation is 3. The fraction of sp³-hybridized carbons (Fsp3) is 0.269. The Morgan fingerprint density at radius 3 is 2.27 bits per heavy atom. The van der Waals surface area contributed by atoms with Crippen LogP contribution in [0.25, 0.3) is 0 Å². The van der Waals surface area contributed by atoms with Gasteiger partial charge in [0.25, 0.3) is 10.0 Å². The third kappa shape index (κ3) is 5.79. The first-order valence-electron chi connectivity index (χ1n) is 11.0. The van der Waals surface area contributed by atoms with Gasteiger partial charge >= 0.3 is 0 Å². The van der Waals surface area contributed by atoms with Crippen molar-refractivity contribution in [3.05, 3.63) is 94.8 Å². The number of nitrogens with zero attached hydrogens (tertiary/aromatic N) is 1. The summed E-state index contributed by atoms with van der Waals surface area (Å²) in [5.74, 6) is -1.23. The summed E-state index contributed by atoms with van der Waals surface area (Å²) in [5.41, 5.74) is 3.99. The molecule has 3 rings (SSSR count). The van der Waals surface area contributed by atoms with Gasteiger partial charge in [0, 0.05) is 6.54 Å². The van der Waals surface area contributed by atoms with Crippen LogP contribution >= 0.6 is 0 Å². The lowest BCUT2D eigenvalue weighted by molar-refractivity contribution is -0.119. The Morgan fingerprint density at radius 1 is 0.939 bits per heavy atom. The van der Waals surface area contributed by atoms with Gasteiger partial charge in [-0.15, -0.1) is 0 Å². The van der Waals surface area contributed by atoms with Crippen LogP contribution < -0.4 is 9.62 Å². The number of rotatable bonds is 9. The van der Waals surface area contributed by atoms with E-state index >= 15 is 0 Å². The molecule has 3 aromatic rings. The molecule has 0 radical (unpaired) electrons. The zero-order valence-corrected chi connectivity index (χ0v) is 20.0. The third-order valence-corrected chi connectivity index (χ3v) is 7.33. The molecule has 0 aromatic heterocycles. The zero-order valence-electron chi connectivity index (χ0n) is 19.1. The molecule has 0 unspecified atom stereocenters. The van der Waals surface area contributed by atoms with Crippen LogP contribution in [0.15, 0.2) is 71.6 Å². The van der Waals surface area contributed by atoms with Crippen LogP contribution in [0, 0.1) is 12.7 Å². The van der Waals surface area contributed by atoms with Crippen molar-refractivity contribution in [3.63, 3.8) is 0 Å². The number of sulfonamides is 1. The number of halogens is 1. The van der Waals surface area contributed by atoms with Crippen LogP contribution in [0.5, 0.6) is 0 Å². The van der Waals surface area contributed by atoms with E-state index in [4.69, 9.17) is 0 Å². The van der Waals surface area contributed by atoms with Crippen molar-refractivity contribution >= 4 is 21.6 Å². The molecule has 0 fully saturated rings. The summed E-state index contributed by atoms with van der Waals surface area (Å²) in [7, 11) is -4.16. The minimum atomic E-state index is -4.16. The van der Waals surface area contributed by atoms with E-state index in [1.54, 1.807) is 12.1 Å². The highest BCUT2D eigenvalue weighted by atomic mass is 32.2. The maximum Gasteiger partial charge on any atom is 0.264 e. The zero-order chi connectivity index (χ0) is 24.0. The summed E-state index contributed by atoms with van der Waals surface area (Å²) >= 11 is 0. The quantitative estimate of drug-likeness (QED) is 0.492. The second-order valence-electron chi connectivity index (χ2n) is 7.86. The summed E-state index contributed by atoms with van der Waals surface area (Å²) in [6.07, 6.45) is 1.69. The Morgan fingerprint density at radius 2 is 1.64 bits per heavy atom. The molecule has 174 valence electrons. The molecule has 0 spiro atoms. The Bertz CT molecular complexity index is 1220. The molecule has 7 heteroatoms. The van der Waals surface area contributed by atoms with Crippen LogP contribution in [0.2, 0.25) is 0 Å². The van der Waals surface area contributed by atoms with Crippen molar-refractivity contribution < 1.29 is 17.6 Å². The molecule has 3 aromatic carbocycles. The van der Waals surface area contributed by atoms with Crippen LogP contribution in [-0.2, 0) is 34.2 Å². The average molecular weight is 469 g/mol. The molecule has 0 saturated carbocycles. The van der Waals surface area contributed by atoms with Gasteiger partial charge in [-0.05, 0) is 60.7 Å². The Labute approximate surface area is 195 Å². The van der Waals surface area contributed by atoms with E-state index in [2.05, 4.69) is 24.4 Å². The molecule has 0 aliphatic rings. The molecule has 0 bridgehead atoms. The molecule has 0 atom stereocenters. The second-order valence-corrected chi connectivity index (χ2v) is 9.73. The highest BCUT2D eigenvalue weighted by molar-refractivity contribution is 7.92. The summed E-state index contributed by atoms with van der Waals surface area (Å²) in [4.78, 5) is 12.9. The fourth-order valence-electron chi connectivity index (χ4n) is 3.58. The Kier molecular flexibility index (Phi) is 7.87. The van der Waals surface area contributed by atoms with Gasteiger partial charge in [0.1, 0.15) is 12.4 Å². The molecule has 0 aliphatic carbocycles. The van der Waals surface area contributed by atoms with E-state index in [1.807, 2.05) is 19.9 Å². The van der Waals surface area contributed by atoms with Crippen LogP contribution in [0.4, 0.5) is 10.1 Å². The van der Waals surface area contributed by atoms with E-state index < -0.39 is 28.3 Å². The van der Waals surface area contributed by atoms with E-state index in [1.165, 1.54) is 36.4 Å². The number of nitrogens with one attached hydrogen (secondary N) is 1.